The van der Waals surface area contributed by atoms with Gasteiger partial charge in [-0.3, -0.25) is 9.69 Å². The highest BCUT2D eigenvalue weighted by Crippen LogP contribution is 2.35. The number of ether oxygens (including phenoxy) is 2. The molecular weight excluding hydrogens is 478 g/mol. The van der Waals surface area contributed by atoms with Crippen molar-refractivity contribution in [3.8, 4) is 5.75 Å². The maximum absolute atomic E-state index is 12.9. The lowest BCUT2D eigenvalue weighted by Gasteiger charge is -2.30. The molecule has 1 aromatic heterocycles. The van der Waals surface area contributed by atoms with Crippen LogP contribution in [0.5, 0.6) is 5.75 Å². The van der Waals surface area contributed by atoms with Crippen molar-refractivity contribution in [2.45, 2.75) is 38.1 Å². The fourth-order valence-electron chi connectivity index (χ4n) is 4.68. The largest absolute Gasteiger partial charge is 0.491 e. The zero-order chi connectivity index (χ0) is 26.2. The maximum Gasteiger partial charge on any atom is 0.248 e. The molecule has 2 aromatic carbocycles. The number of likely N-dealkylation sites (N-methyl/N-ethyl adjacent to an activating group) is 1. The second-order valence-electron chi connectivity index (χ2n) is 10.2. The number of nitrogens with zero attached hydrogens (tertiary/aromatic N) is 3. The molecule has 0 unspecified atom stereocenters. The third-order valence-corrected chi connectivity index (χ3v) is 7.19. The predicted molar refractivity (Wildman–Crippen MR) is 151 cm³/mol. The van der Waals surface area contributed by atoms with Crippen molar-refractivity contribution in [1.82, 2.24) is 14.9 Å². The Bertz CT molecular complexity index is 1240. The van der Waals surface area contributed by atoms with Crippen molar-refractivity contribution in [3.05, 3.63) is 66.5 Å². The summed E-state index contributed by atoms with van der Waals surface area (Å²) in [6, 6.07) is 14.7. The summed E-state index contributed by atoms with van der Waals surface area (Å²) in [5, 5.41) is 7.32. The van der Waals surface area contributed by atoms with E-state index in [1.807, 2.05) is 36.4 Å². The molecule has 200 valence electrons. The molecule has 0 radical (unpaired) electrons. The summed E-state index contributed by atoms with van der Waals surface area (Å²) in [5.74, 6) is 1.79. The standard InChI is InChI=1S/C30H37N5O3/c1-35(24-12-16-37-17-13-24)15-5-8-29(36)34-27-18-25-26(19-28(27)38-20-23-9-10-23)32-21-33-30(25)31-14-11-22-6-3-2-4-7-22/h2-8,18-19,21,23-24H,9-17,20H2,1H3,(H,34,36)(H,31,32,33). The lowest BCUT2D eigenvalue weighted by Crippen LogP contribution is -2.36. The van der Waals surface area contributed by atoms with Gasteiger partial charge in [0.05, 0.1) is 17.8 Å². The molecule has 0 bridgehead atoms. The van der Waals surface area contributed by atoms with Gasteiger partial charge in [0.2, 0.25) is 5.91 Å². The number of fused-ring (bicyclic) bond motifs is 1. The summed E-state index contributed by atoms with van der Waals surface area (Å²) < 4.78 is 11.6. The third kappa shape index (κ3) is 7.30. The normalized spacial score (nSPS) is 16.3. The number of carbonyl (C=O) groups excluding carboxylic acids is 1. The van der Waals surface area contributed by atoms with Gasteiger partial charge in [-0.1, -0.05) is 36.4 Å². The van der Waals surface area contributed by atoms with Crippen molar-refractivity contribution in [2.24, 2.45) is 5.92 Å². The van der Waals surface area contributed by atoms with Gasteiger partial charge in [0.15, 0.2) is 0 Å². The number of amides is 1. The molecule has 5 rings (SSSR count). The van der Waals surface area contributed by atoms with E-state index in [4.69, 9.17) is 9.47 Å². The minimum atomic E-state index is -0.184. The molecule has 3 aromatic rings. The minimum Gasteiger partial charge on any atom is -0.491 e. The SMILES string of the molecule is CN(CC=CC(=O)Nc1cc2c(NCCc3ccccc3)ncnc2cc1OCC1CC1)C1CCOCC1. The molecule has 1 aliphatic heterocycles. The van der Waals surface area contributed by atoms with E-state index in [2.05, 4.69) is 44.7 Å². The van der Waals surface area contributed by atoms with E-state index in [1.165, 1.54) is 18.4 Å². The fraction of sp³-hybridized carbons (Fsp3) is 0.433. The quantitative estimate of drug-likeness (QED) is 0.339. The molecule has 8 nitrogen and oxygen atoms in total. The first kappa shape index (κ1) is 26.1. The minimum absolute atomic E-state index is 0.184. The zero-order valence-corrected chi connectivity index (χ0v) is 22.1. The van der Waals surface area contributed by atoms with Gasteiger partial charge < -0.3 is 20.1 Å². The molecule has 2 aliphatic rings. The first-order valence-electron chi connectivity index (χ1n) is 13.6. The number of carbonyl (C=O) groups is 1. The number of hydrogen-bond donors (Lipinski definition) is 2. The fourth-order valence-corrected chi connectivity index (χ4v) is 4.68. The van der Waals surface area contributed by atoms with Gasteiger partial charge in [-0.2, -0.15) is 0 Å². The van der Waals surface area contributed by atoms with Crippen molar-refractivity contribution in [3.63, 3.8) is 0 Å². The number of nitrogens with one attached hydrogen (secondary N) is 2. The Hall–Kier alpha value is -3.49. The van der Waals surface area contributed by atoms with Crippen molar-refractivity contribution in [1.29, 1.82) is 0 Å². The third-order valence-electron chi connectivity index (χ3n) is 7.19. The molecule has 2 fully saturated rings. The highest BCUT2D eigenvalue weighted by atomic mass is 16.5. The van der Waals surface area contributed by atoms with Gasteiger partial charge in [0.1, 0.15) is 17.9 Å². The Morgan fingerprint density at radius 1 is 1.13 bits per heavy atom. The lowest BCUT2D eigenvalue weighted by molar-refractivity contribution is -0.111. The van der Waals surface area contributed by atoms with Crippen LogP contribution < -0.4 is 15.4 Å². The second-order valence-corrected chi connectivity index (χ2v) is 10.2. The molecule has 2 heterocycles. The van der Waals surface area contributed by atoms with E-state index in [9.17, 15) is 4.79 Å². The number of anilines is 2. The summed E-state index contributed by atoms with van der Waals surface area (Å²) in [6.45, 7) is 3.70. The monoisotopic (exact) mass is 515 g/mol. The van der Waals surface area contributed by atoms with E-state index >= 15 is 0 Å². The Kier molecular flexibility index (Phi) is 8.83. The van der Waals surface area contributed by atoms with Crippen LogP contribution in [0.15, 0.2) is 60.9 Å². The maximum atomic E-state index is 12.9. The van der Waals surface area contributed by atoms with Crippen LogP contribution in [0.1, 0.15) is 31.2 Å². The topological polar surface area (TPSA) is 88.6 Å². The smallest absolute Gasteiger partial charge is 0.248 e. The second kappa shape index (κ2) is 12.8. The average Bonchev–Trinajstić information content (AvgIpc) is 3.78. The van der Waals surface area contributed by atoms with Crippen molar-refractivity contribution >= 4 is 28.3 Å². The van der Waals surface area contributed by atoms with E-state index in [0.29, 0.717) is 36.5 Å². The first-order chi connectivity index (χ1) is 18.7. The van der Waals surface area contributed by atoms with E-state index in [1.54, 1.807) is 12.4 Å². The van der Waals surface area contributed by atoms with E-state index < -0.39 is 0 Å². The summed E-state index contributed by atoms with van der Waals surface area (Å²) in [6.07, 6.45) is 10.4. The van der Waals surface area contributed by atoms with Crippen LogP contribution in [-0.4, -0.2) is 66.8 Å². The van der Waals surface area contributed by atoms with E-state index in [-0.39, 0.29) is 5.91 Å². The van der Waals surface area contributed by atoms with Crippen LogP contribution >= 0.6 is 0 Å². The van der Waals surface area contributed by atoms with Crippen LogP contribution in [0.4, 0.5) is 11.5 Å². The van der Waals surface area contributed by atoms with Crippen LogP contribution in [0.2, 0.25) is 0 Å². The van der Waals surface area contributed by atoms with Gasteiger partial charge in [-0.25, -0.2) is 9.97 Å². The Morgan fingerprint density at radius 2 is 1.95 bits per heavy atom. The lowest BCUT2D eigenvalue weighted by atomic mass is 10.1. The van der Waals surface area contributed by atoms with Crippen LogP contribution in [0.25, 0.3) is 10.9 Å². The number of hydrogen-bond acceptors (Lipinski definition) is 7. The molecule has 0 atom stereocenters. The van der Waals surface area contributed by atoms with Crippen LogP contribution in [0, 0.1) is 5.92 Å². The highest BCUT2D eigenvalue weighted by Gasteiger charge is 2.23. The van der Waals surface area contributed by atoms with E-state index in [0.717, 1.165) is 55.7 Å². The average molecular weight is 516 g/mol. The Labute approximate surface area is 224 Å². The predicted octanol–water partition coefficient (Wildman–Crippen LogP) is 4.68. The number of rotatable bonds is 12. The molecular formula is C30H37N5O3. The molecule has 0 spiro atoms. The molecule has 1 saturated heterocycles. The van der Waals surface area contributed by atoms with Gasteiger partial charge in [-0.05, 0) is 56.7 Å². The first-order valence-corrected chi connectivity index (χ1v) is 13.6. The van der Waals surface area contributed by atoms with Crippen LogP contribution in [0.3, 0.4) is 0 Å². The summed E-state index contributed by atoms with van der Waals surface area (Å²) in [4.78, 5) is 24.1. The molecule has 2 N–H and O–H groups in total. The highest BCUT2D eigenvalue weighted by molar-refractivity contribution is 6.03. The van der Waals surface area contributed by atoms with Gasteiger partial charge in [0.25, 0.3) is 0 Å². The summed E-state index contributed by atoms with van der Waals surface area (Å²) in [7, 11) is 2.09. The Balaban J connectivity index is 1.28. The van der Waals surface area contributed by atoms with Gasteiger partial charge in [0, 0.05) is 49.9 Å². The van der Waals surface area contributed by atoms with Crippen molar-refractivity contribution in [2.75, 3.05) is 50.6 Å². The molecule has 38 heavy (non-hydrogen) atoms. The summed E-state index contributed by atoms with van der Waals surface area (Å²) in [5.41, 5.74) is 2.67. The zero-order valence-electron chi connectivity index (χ0n) is 22.1. The molecule has 1 amide bonds. The van der Waals surface area contributed by atoms with Gasteiger partial charge in [-0.15, -0.1) is 0 Å². The van der Waals surface area contributed by atoms with Crippen molar-refractivity contribution < 1.29 is 14.3 Å². The number of benzene rings is 2. The molecule has 1 saturated carbocycles. The summed E-state index contributed by atoms with van der Waals surface area (Å²) >= 11 is 0. The molecule has 1 aliphatic carbocycles. The Morgan fingerprint density at radius 3 is 2.74 bits per heavy atom. The van der Waals surface area contributed by atoms with Crippen LogP contribution in [-0.2, 0) is 16.0 Å². The number of aromatic nitrogens is 2. The molecule has 8 heteroatoms. The van der Waals surface area contributed by atoms with Gasteiger partial charge >= 0.3 is 0 Å².